The lowest BCUT2D eigenvalue weighted by molar-refractivity contribution is 0.538. The molecule has 19 heavy (non-hydrogen) atoms. The molecule has 1 atom stereocenters. The second-order valence-corrected chi connectivity index (χ2v) is 7.18. The van der Waals surface area contributed by atoms with Crippen molar-refractivity contribution >= 4 is 26.0 Å². The second kappa shape index (κ2) is 6.30. The summed E-state index contributed by atoms with van der Waals surface area (Å²) in [6.45, 7) is 1.35. The fourth-order valence-corrected chi connectivity index (χ4v) is 3.40. The summed E-state index contributed by atoms with van der Waals surface area (Å²) >= 11 is 2.99. The summed E-state index contributed by atoms with van der Waals surface area (Å²) in [6.07, 6.45) is 2.96. The number of benzene rings is 1. The van der Waals surface area contributed by atoms with Gasteiger partial charge in [0.1, 0.15) is 5.82 Å². The van der Waals surface area contributed by atoms with E-state index in [4.69, 9.17) is 0 Å². The molecule has 1 heterocycles. The Bertz CT molecular complexity index is 545. The number of halogens is 2. The molecule has 1 aliphatic heterocycles. The Morgan fingerprint density at radius 2 is 2.26 bits per heavy atom. The zero-order valence-corrected chi connectivity index (χ0v) is 12.7. The van der Waals surface area contributed by atoms with Crippen molar-refractivity contribution in [3.63, 3.8) is 0 Å². The highest BCUT2D eigenvalue weighted by molar-refractivity contribution is 9.10. The van der Waals surface area contributed by atoms with Crippen LogP contribution in [0, 0.1) is 5.82 Å². The van der Waals surface area contributed by atoms with Crippen molar-refractivity contribution in [2.45, 2.75) is 30.2 Å². The van der Waals surface area contributed by atoms with Gasteiger partial charge in [0.05, 0.1) is 9.37 Å². The molecule has 106 valence electrons. The third kappa shape index (κ3) is 3.98. The lowest BCUT2D eigenvalue weighted by Crippen LogP contribution is -2.30. The van der Waals surface area contributed by atoms with Crippen molar-refractivity contribution in [1.29, 1.82) is 0 Å². The molecule has 0 bridgehead atoms. The van der Waals surface area contributed by atoms with Crippen LogP contribution in [0.2, 0.25) is 0 Å². The first-order valence-electron chi connectivity index (χ1n) is 6.17. The normalized spacial score (nSPS) is 19.8. The number of hydrogen-bond donors (Lipinski definition) is 2. The predicted octanol–water partition coefficient (Wildman–Crippen LogP) is 2.01. The number of sulfonamides is 1. The summed E-state index contributed by atoms with van der Waals surface area (Å²) in [5, 5.41) is 3.30. The van der Waals surface area contributed by atoms with Crippen LogP contribution in [0.5, 0.6) is 0 Å². The van der Waals surface area contributed by atoms with E-state index in [2.05, 4.69) is 26.0 Å². The van der Waals surface area contributed by atoms with Gasteiger partial charge in [-0.3, -0.25) is 0 Å². The molecule has 0 amide bonds. The van der Waals surface area contributed by atoms with E-state index in [0.717, 1.165) is 31.9 Å². The van der Waals surface area contributed by atoms with E-state index < -0.39 is 15.8 Å². The summed E-state index contributed by atoms with van der Waals surface area (Å²) in [5.41, 5.74) is 0. The van der Waals surface area contributed by atoms with Crippen LogP contribution in [0.4, 0.5) is 4.39 Å². The SMILES string of the molecule is O=S(=O)(NCC[C@H]1CCCN1)c1ccc(Br)c(F)c1. The molecule has 0 radical (unpaired) electrons. The van der Waals surface area contributed by atoms with Crippen molar-refractivity contribution in [3.05, 3.63) is 28.5 Å². The molecular formula is C12H16BrFN2O2S. The number of nitrogens with one attached hydrogen (secondary N) is 2. The molecule has 0 saturated carbocycles. The van der Waals surface area contributed by atoms with Crippen molar-refractivity contribution < 1.29 is 12.8 Å². The highest BCUT2D eigenvalue weighted by Gasteiger charge is 2.18. The fourth-order valence-electron chi connectivity index (χ4n) is 2.10. The molecule has 2 N–H and O–H groups in total. The summed E-state index contributed by atoms with van der Waals surface area (Å²) in [4.78, 5) is -0.0485. The Kier molecular flexibility index (Phi) is 4.94. The quantitative estimate of drug-likeness (QED) is 0.853. The van der Waals surface area contributed by atoms with E-state index in [0.29, 0.717) is 12.6 Å². The first-order chi connectivity index (χ1) is 8.99. The van der Waals surface area contributed by atoms with Gasteiger partial charge in [0.2, 0.25) is 10.0 Å². The minimum absolute atomic E-state index is 0.0485. The molecule has 1 fully saturated rings. The highest BCUT2D eigenvalue weighted by atomic mass is 79.9. The highest BCUT2D eigenvalue weighted by Crippen LogP contribution is 2.19. The molecular weight excluding hydrogens is 335 g/mol. The minimum atomic E-state index is -3.63. The molecule has 1 aromatic carbocycles. The van der Waals surface area contributed by atoms with Gasteiger partial charge in [-0.1, -0.05) is 0 Å². The zero-order chi connectivity index (χ0) is 13.9. The zero-order valence-electron chi connectivity index (χ0n) is 10.3. The topological polar surface area (TPSA) is 58.2 Å². The molecule has 0 aromatic heterocycles. The first-order valence-corrected chi connectivity index (χ1v) is 8.45. The Hall–Kier alpha value is -0.500. The standard InChI is InChI=1S/C12H16BrFN2O2S/c13-11-4-3-10(8-12(11)14)19(17,18)16-7-5-9-2-1-6-15-9/h3-4,8-9,15-16H,1-2,5-7H2/t9-/m1/s1. The predicted molar refractivity (Wildman–Crippen MR) is 74.9 cm³/mol. The van der Waals surface area contributed by atoms with Crippen molar-refractivity contribution in [1.82, 2.24) is 10.0 Å². The van der Waals surface area contributed by atoms with Gasteiger partial charge < -0.3 is 5.32 Å². The Labute approximate surface area is 121 Å². The van der Waals surface area contributed by atoms with Gasteiger partial charge in [-0.2, -0.15) is 0 Å². The fraction of sp³-hybridized carbons (Fsp3) is 0.500. The summed E-state index contributed by atoms with van der Waals surface area (Å²) in [5.74, 6) is -0.583. The van der Waals surface area contributed by atoms with Gasteiger partial charge >= 0.3 is 0 Å². The van der Waals surface area contributed by atoms with Crippen LogP contribution >= 0.6 is 15.9 Å². The second-order valence-electron chi connectivity index (χ2n) is 4.56. The Balaban J connectivity index is 1.95. The van der Waals surface area contributed by atoms with Crippen LogP contribution in [0.25, 0.3) is 0 Å². The van der Waals surface area contributed by atoms with Gasteiger partial charge in [0, 0.05) is 12.6 Å². The average molecular weight is 351 g/mol. The maximum absolute atomic E-state index is 13.3. The molecule has 7 heteroatoms. The van der Waals surface area contributed by atoms with Gasteiger partial charge in [-0.15, -0.1) is 0 Å². The van der Waals surface area contributed by atoms with E-state index in [1.54, 1.807) is 0 Å². The van der Waals surface area contributed by atoms with Gasteiger partial charge in [-0.05, 0) is 59.9 Å². The maximum atomic E-state index is 13.3. The van der Waals surface area contributed by atoms with Gasteiger partial charge in [0.15, 0.2) is 0 Å². The van der Waals surface area contributed by atoms with Gasteiger partial charge in [0.25, 0.3) is 0 Å². The van der Waals surface area contributed by atoms with E-state index in [1.807, 2.05) is 0 Å². The third-order valence-corrected chi connectivity index (χ3v) is 5.25. The third-order valence-electron chi connectivity index (χ3n) is 3.15. The van der Waals surface area contributed by atoms with Crippen molar-refractivity contribution in [2.75, 3.05) is 13.1 Å². The van der Waals surface area contributed by atoms with Crippen LogP contribution in [0.1, 0.15) is 19.3 Å². The van der Waals surface area contributed by atoms with Crippen molar-refractivity contribution in [3.8, 4) is 0 Å². The van der Waals surface area contributed by atoms with E-state index in [-0.39, 0.29) is 9.37 Å². The lowest BCUT2D eigenvalue weighted by Gasteiger charge is -2.11. The molecule has 1 aliphatic rings. The average Bonchev–Trinajstić information content (AvgIpc) is 2.85. The number of rotatable bonds is 5. The molecule has 1 saturated heterocycles. The smallest absolute Gasteiger partial charge is 0.240 e. The summed E-state index contributed by atoms with van der Waals surface area (Å²) < 4.78 is 40.0. The molecule has 0 spiro atoms. The largest absolute Gasteiger partial charge is 0.314 e. The van der Waals surface area contributed by atoms with Crippen LogP contribution in [0.15, 0.2) is 27.6 Å². The molecule has 4 nitrogen and oxygen atoms in total. The molecule has 0 aliphatic carbocycles. The van der Waals surface area contributed by atoms with E-state index in [9.17, 15) is 12.8 Å². The van der Waals surface area contributed by atoms with E-state index in [1.165, 1.54) is 12.1 Å². The lowest BCUT2D eigenvalue weighted by atomic mass is 10.2. The maximum Gasteiger partial charge on any atom is 0.240 e. The van der Waals surface area contributed by atoms with Crippen LogP contribution in [0.3, 0.4) is 0 Å². The first kappa shape index (κ1) is 14.9. The summed E-state index contributed by atoms with van der Waals surface area (Å²) in [7, 11) is -3.63. The molecule has 2 rings (SSSR count). The summed E-state index contributed by atoms with van der Waals surface area (Å²) in [6, 6.07) is 4.16. The number of hydrogen-bond acceptors (Lipinski definition) is 3. The van der Waals surface area contributed by atoms with Crippen molar-refractivity contribution in [2.24, 2.45) is 0 Å². The van der Waals surface area contributed by atoms with Crippen LogP contribution in [-0.2, 0) is 10.0 Å². The molecule has 1 aromatic rings. The van der Waals surface area contributed by atoms with Crippen LogP contribution < -0.4 is 10.0 Å². The van der Waals surface area contributed by atoms with E-state index >= 15 is 0 Å². The monoisotopic (exact) mass is 350 g/mol. The molecule has 0 unspecified atom stereocenters. The Morgan fingerprint density at radius 3 is 2.89 bits per heavy atom. The van der Waals surface area contributed by atoms with Gasteiger partial charge in [-0.25, -0.2) is 17.5 Å². The minimum Gasteiger partial charge on any atom is -0.314 e. The van der Waals surface area contributed by atoms with Crippen LogP contribution in [-0.4, -0.2) is 27.5 Å². The Morgan fingerprint density at radius 1 is 1.47 bits per heavy atom.